The second-order valence-corrected chi connectivity index (χ2v) is 4.98. The molecule has 110 valence electrons. The van der Waals surface area contributed by atoms with E-state index in [0.717, 1.165) is 26.2 Å². The lowest BCUT2D eigenvalue weighted by molar-refractivity contribution is 0.0941. The van der Waals surface area contributed by atoms with Crippen molar-refractivity contribution in [3.8, 4) is 0 Å². The van der Waals surface area contributed by atoms with Gasteiger partial charge in [-0.1, -0.05) is 6.42 Å². The maximum Gasteiger partial charge on any atom is 0.271 e. The van der Waals surface area contributed by atoms with Crippen LogP contribution in [-0.2, 0) is 0 Å². The summed E-state index contributed by atoms with van der Waals surface area (Å²) in [5.41, 5.74) is 0.363. The van der Waals surface area contributed by atoms with E-state index in [2.05, 4.69) is 25.5 Å². The van der Waals surface area contributed by atoms with Crippen LogP contribution in [0.1, 0.15) is 36.7 Å². The Balaban J connectivity index is 1.77. The normalized spacial score (nSPS) is 15.8. The van der Waals surface area contributed by atoms with Gasteiger partial charge in [0.1, 0.15) is 11.5 Å². The summed E-state index contributed by atoms with van der Waals surface area (Å²) in [5, 5.41) is 5.95. The van der Waals surface area contributed by atoms with E-state index in [1.807, 2.05) is 6.92 Å². The summed E-state index contributed by atoms with van der Waals surface area (Å²) in [7, 11) is 0. The van der Waals surface area contributed by atoms with Crippen molar-refractivity contribution < 1.29 is 4.79 Å². The first-order valence-electron chi connectivity index (χ1n) is 7.36. The van der Waals surface area contributed by atoms with Gasteiger partial charge >= 0.3 is 0 Å². The van der Waals surface area contributed by atoms with Gasteiger partial charge in [0, 0.05) is 19.6 Å². The molecule has 0 aromatic carbocycles. The van der Waals surface area contributed by atoms with Crippen LogP contribution in [0.4, 0.5) is 5.82 Å². The molecule has 0 spiro atoms. The van der Waals surface area contributed by atoms with E-state index in [0.29, 0.717) is 18.1 Å². The SMILES string of the molecule is CCNc1cncc(C(=O)NCCN2CCCCC2)n1. The molecule has 0 saturated carbocycles. The number of nitrogens with one attached hydrogen (secondary N) is 2. The van der Waals surface area contributed by atoms with E-state index in [-0.39, 0.29) is 5.91 Å². The Hall–Kier alpha value is -1.69. The zero-order chi connectivity index (χ0) is 14.2. The minimum Gasteiger partial charge on any atom is -0.369 e. The van der Waals surface area contributed by atoms with Crippen molar-refractivity contribution >= 4 is 11.7 Å². The highest BCUT2D eigenvalue weighted by molar-refractivity contribution is 5.92. The Bertz CT molecular complexity index is 431. The molecule has 0 unspecified atom stereocenters. The molecule has 1 saturated heterocycles. The van der Waals surface area contributed by atoms with E-state index in [1.54, 1.807) is 6.20 Å². The molecule has 0 aliphatic carbocycles. The van der Waals surface area contributed by atoms with E-state index < -0.39 is 0 Å². The maximum atomic E-state index is 12.0. The van der Waals surface area contributed by atoms with Crippen LogP contribution in [0, 0.1) is 0 Å². The minimum absolute atomic E-state index is 0.158. The fourth-order valence-corrected chi connectivity index (χ4v) is 2.34. The first-order valence-corrected chi connectivity index (χ1v) is 7.36. The minimum atomic E-state index is -0.158. The van der Waals surface area contributed by atoms with Crippen molar-refractivity contribution in [3.63, 3.8) is 0 Å². The lowest BCUT2D eigenvalue weighted by Gasteiger charge is -2.26. The third-order valence-corrected chi connectivity index (χ3v) is 3.39. The van der Waals surface area contributed by atoms with Crippen LogP contribution in [0.3, 0.4) is 0 Å². The molecule has 1 amide bonds. The van der Waals surface area contributed by atoms with Crippen LogP contribution in [0.2, 0.25) is 0 Å². The van der Waals surface area contributed by atoms with Crippen molar-refractivity contribution in [1.82, 2.24) is 20.2 Å². The third-order valence-electron chi connectivity index (χ3n) is 3.39. The number of anilines is 1. The Morgan fingerprint density at radius 1 is 1.30 bits per heavy atom. The molecule has 2 heterocycles. The van der Waals surface area contributed by atoms with Crippen molar-refractivity contribution in [2.75, 3.05) is 38.0 Å². The summed E-state index contributed by atoms with van der Waals surface area (Å²) in [6.45, 7) is 6.59. The second-order valence-electron chi connectivity index (χ2n) is 4.98. The van der Waals surface area contributed by atoms with Crippen molar-refractivity contribution in [2.45, 2.75) is 26.2 Å². The van der Waals surface area contributed by atoms with Crippen LogP contribution in [-0.4, -0.2) is 53.5 Å². The van der Waals surface area contributed by atoms with Crippen molar-refractivity contribution in [1.29, 1.82) is 0 Å². The monoisotopic (exact) mass is 277 g/mol. The Labute approximate surface area is 120 Å². The van der Waals surface area contributed by atoms with Gasteiger partial charge in [-0.05, 0) is 32.9 Å². The largest absolute Gasteiger partial charge is 0.369 e. The van der Waals surface area contributed by atoms with E-state index >= 15 is 0 Å². The lowest BCUT2D eigenvalue weighted by Crippen LogP contribution is -2.37. The number of carbonyl (C=O) groups is 1. The molecular formula is C14H23N5O. The zero-order valence-corrected chi connectivity index (χ0v) is 12.1. The predicted octanol–water partition coefficient (Wildman–Crippen LogP) is 1.12. The Morgan fingerprint density at radius 3 is 2.85 bits per heavy atom. The fraction of sp³-hybridized carbons (Fsp3) is 0.643. The van der Waals surface area contributed by atoms with Crippen LogP contribution in [0.5, 0.6) is 0 Å². The molecule has 2 rings (SSSR count). The zero-order valence-electron chi connectivity index (χ0n) is 12.1. The summed E-state index contributed by atoms with van der Waals surface area (Å²) in [4.78, 5) is 22.6. The first kappa shape index (κ1) is 14.7. The number of amides is 1. The number of hydrogen-bond acceptors (Lipinski definition) is 5. The average Bonchev–Trinajstić information content (AvgIpc) is 2.49. The number of hydrogen-bond donors (Lipinski definition) is 2. The highest BCUT2D eigenvalue weighted by Gasteiger charge is 2.11. The van der Waals surface area contributed by atoms with Crippen LogP contribution in [0.25, 0.3) is 0 Å². The number of aromatic nitrogens is 2. The Morgan fingerprint density at radius 2 is 2.10 bits per heavy atom. The van der Waals surface area contributed by atoms with Gasteiger partial charge in [0.25, 0.3) is 5.91 Å². The molecule has 0 radical (unpaired) electrons. The number of rotatable bonds is 6. The number of likely N-dealkylation sites (tertiary alicyclic amines) is 1. The molecule has 1 fully saturated rings. The number of carbonyl (C=O) groups excluding carboxylic acids is 1. The smallest absolute Gasteiger partial charge is 0.271 e. The van der Waals surface area contributed by atoms with E-state index in [4.69, 9.17) is 0 Å². The van der Waals surface area contributed by atoms with E-state index in [1.165, 1.54) is 25.5 Å². The molecule has 1 aromatic rings. The molecule has 2 N–H and O–H groups in total. The molecule has 0 atom stereocenters. The summed E-state index contributed by atoms with van der Waals surface area (Å²) in [5.74, 6) is 0.477. The molecule has 6 heteroatoms. The maximum absolute atomic E-state index is 12.0. The van der Waals surface area contributed by atoms with Gasteiger partial charge < -0.3 is 15.5 Å². The van der Waals surface area contributed by atoms with Gasteiger partial charge in [0.05, 0.1) is 12.4 Å². The molecule has 6 nitrogen and oxygen atoms in total. The topological polar surface area (TPSA) is 70.2 Å². The van der Waals surface area contributed by atoms with Gasteiger partial charge in [-0.15, -0.1) is 0 Å². The van der Waals surface area contributed by atoms with E-state index in [9.17, 15) is 4.79 Å². The number of nitrogens with zero attached hydrogens (tertiary/aromatic N) is 3. The van der Waals surface area contributed by atoms with Gasteiger partial charge in [0.15, 0.2) is 0 Å². The molecule has 1 aromatic heterocycles. The van der Waals surface area contributed by atoms with Gasteiger partial charge in [-0.2, -0.15) is 0 Å². The molecular weight excluding hydrogens is 254 g/mol. The highest BCUT2D eigenvalue weighted by atomic mass is 16.1. The van der Waals surface area contributed by atoms with Gasteiger partial charge in [-0.3, -0.25) is 9.78 Å². The standard InChI is InChI=1S/C14H23N5O/c1-2-16-13-11-15-10-12(18-13)14(20)17-6-9-19-7-4-3-5-8-19/h10-11H,2-9H2,1H3,(H,16,18)(H,17,20). The molecule has 20 heavy (non-hydrogen) atoms. The molecule has 0 bridgehead atoms. The molecule has 1 aliphatic rings. The van der Waals surface area contributed by atoms with Crippen molar-refractivity contribution in [2.24, 2.45) is 0 Å². The summed E-state index contributed by atoms with van der Waals surface area (Å²) in [6, 6.07) is 0. The van der Waals surface area contributed by atoms with Crippen molar-refractivity contribution in [3.05, 3.63) is 18.1 Å². The highest BCUT2D eigenvalue weighted by Crippen LogP contribution is 2.07. The summed E-state index contributed by atoms with van der Waals surface area (Å²) < 4.78 is 0. The van der Waals surface area contributed by atoms with Gasteiger partial charge in [0.2, 0.25) is 0 Å². The Kier molecular flexibility index (Phi) is 5.73. The van der Waals surface area contributed by atoms with Crippen LogP contribution < -0.4 is 10.6 Å². The average molecular weight is 277 g/mol. The third kappa shape index (κ3) is 4.45. The fourth-order valence-electron chi connectivity index (χ4n) is 2.34. The quantitative estimate of drug-likeness (QED) is 0.815. The molecule has 1 aliphatic heterocycles. The predicted molar refractivity (Wildman–Crippen MR) is 78.8 cm³/mol. The summed E-state index contributed by atoms with van der Waals surface area (Å²) in [6.07, 6.45) is 6.98. The number of piperidine rings is 1. The summed E-state index contributed by atoms with van der Waals surface area (Å²) >= 11 is 0. The second kappa shape index (κ2) is 7.79. The van der Waals surface area contributed by atoms with Crippen LogP contribution >= 0.6 is 0 Å². The first-order chi connectivity index (χ1) is 9.79. The lowest BCUT2D eigenvalue weighted by atomic mass is 10.1. The van der Waals surface area contributed by atoms with Gasteiger partial charge in [-0.25, -0.2) is 4.98 Å². The van der Waals surface area contributed by atoms with Crippen LogP contribution in [0.15, 0.2) is 12.4 Å².